The monoisotopic (exact) mass is 321 g/mol. The lowest BCUT2D eigenvalue weighted by molar-refractivity contribution is 0.199. The highest BCUT2D eigenvalue weighted by Gasteiger charge is 2.16. The number of fused-ring (bicyclic) bond motifs is 1. The Hall–Kier alpha value is -2.10. The van der Waals surface area contributed by atoms with E-state index in [0.29, 0.717) is 6.04 Å². The molecule has 2 aromatic carbocycles. The molecule has 1 aromatic heterocycles. The van der Waals surface area contributed by atoms with Gasteiger partial charge in [0.25, 0.3) is 0 Å². The van der Waals surface area contributed by atoms with Gasteiger partial charge in [0.2, 0.25) is 0 Å². The van der Waals surface area contributed by atoms with Crippen LogP contribution in [0.25, 0.3) is 10.9 Å². The third-order valence-corrected chi connectivity index (χ3v) is 4.58. The van der Waals surface area contributed by atoms with E-state index in [1.807, 2.05) is 0 Å². The Kier molecular flexibility index (Phi) is 5.34. The lowest BCUT2D eigenvalue weighted by Crippen LogP contribution is -2.41. The lowest BCUT2D eigenvalue weighted by atomic mass is 10.0. The highest BCUT2D eigenvalue weighted by Crippen LogP contribution is 2.19. The van der Waals surface area contributed by atoms with Gasteiger partial charge >= 0.3 is 0 Å². The largest absolute Gasteiger partial charge is 0.361 e. The Morgan fingerprint density at radius 1 is 1.00 bits per heavy atom. The highest BCUT2D eigenvalue weighted by molar-refractivity contribution is 5.83. The van der Waals surface area contributed by atoms with Crippen LogP contribution in [0.5, 0.6) is 0 Å². The summed E-state index contributed by atoms with van der Waals surface area (Å²) in [5.74, 6) is 0. The molecular weight excluding hydrogens is 294 g/mol. The minimum Gasteiger partial charge on any atom is -0.361 e. The number of para-hydroxylation sites is 1. The molecule has 0 amide bonds. The molecule has 0 bridgehead atoms. The molecule has 3 aromatic rings. The maximum absolute atomic E-state index is 6.49. The molecule has 24 heavy (non-hydrogen) atoms. The van der Waals surface area contributed by atoms with Crippen LogP contribution in [0.4, 0.5) is 0 Å². The van der Waals surface area contributed by atoms with Gasteiger partial charge in [0, 0.05) is 42.3 Å². The summed E-state index contributed by atoms with van der Waals surface area (Å²) in [6, 6.07) is 19.6. The molecule has 0 spiro atoms. The van der Waals surface area contributed by atoms with E-state index >= 15 is 0 Å². The molecule has 0 unspecified atom stereocenters. The minimum atomic E-state index is 0.121. The first-order chi connectivity index (χ1) is 11.6. The molecule has 0 aliphatic heterocycles. The number of nitrogens with zero attached hydrogens (tertiary/aromatic N) is 1. The van der Waals surface area contributed by atoms with E-state index in [1.165, 1.54) is 22.0 Å². The van der Waals surface area contributed by atoms with Gasteiger partial charge in [0.1, 0.15) is 0 Å². The molecule has 0 saturated heterocycles. The number of aromatic amines is 1. The Balaban J connectivity index is 1.66. The molecule has 3 heteroatoms. The number of nitrogens with one attached hydrogen (secondary N) is 1. The fourth-order valence-electron chi connectivity index (χ4n) is 3.22. The second kappa shape index (κ2) is 7.65. The summed E-state index contributed by atoms with van der Waals surface area (Å²) in [6.07, 6.45) is 2.99. The molecular formula is C21H27N3. The van der Waals surface area contributed by atoms with Gasteiger partial charge in [-0.2, -0.15) is 0 Å². The van der Waals surface area contributed by atoms with E-state index in [9.17, 15) is 0 Å². The van der Waals surface area contributed by atoms with Crippen LogP contribution in [0, 0.1) is 0 Å². The summed E-state index contributed by atoms with van der Waals surface area (Å²) in [5, 5.41) is 1.28. The quantitative estimate of drug-likeness (QED) is 0.692. The van der Waals surface area contributed by atoms with Crippen LogP contribution in [-0.4, -0.2) is 28.5 Å². The van der Waals surface area contributed by atoms with Gasteiger partial charge in [-0.25, -0.2) is 0 Å². The molecule has 0 aliphatic carbocycles. The van der Waals surface area contributed by atoms with Gasteiger partial charge in [-0.05, 0) is 37.5 Å². The van der Waals surface area contributed by atoms with Crippen LogP contribution >= 0.6 is 0 Å². The van der Waals surface area contributed by atoms with E-state index in [-0.39, 0.29) is 6.04 Å². The van der Waals surface area contributed by atoms with Gasteiger partial charge in [0.05, 0.1) is 0 Å². The zero-order valence-electron chi connectivity index (χ0n) is 14.6. The number of hydrogen-bond acceptors (Lipinski definition) is 2. The second-order valence-electron chi connectivity index (χ2n) is 6.83. The minimum absolute atomic E-state index is 0.121. The standard InChI is InChI=1S/C21H27N3/c1-16(2)24(14-17-8-4-3-5-9-17)15-19(22)12-18-13-23-21-11-7-6-10-20(18)21/h3-11,13,16,19,23H,12,14-15,22H2,1-2H3/t19-/m0/s1. The normalized spacial score (nSPS) is 13.0. The molecule has 0 radical (unpaired) electrons. The van der Waals surface area contributed by atoms with Crippen LogP contribution in [0.1, 0.15) is 25.0 Å². The van der Waals surface area contributed by atoms with Gasteiger partial charge in [-0.3, -0.25) is 4.90 Å². The fraction of sp³-hybridized carbons (Fsp3) is 0.333. The zero-order chi connectivity index (χ0) is 16.9. The molecule has 1 heterocycles. The average Bonchev–Trinajstić information content (AvgIpc) is 2.98. The van der Waals surface area contributed by atoms with Gasteiger partial charge in [0.15, 0.2) is 0 Å². The molecule has 0 saturated carbocycles. The Morgan fingerprint density at radius 3 is 2.46 bits per heavy atom. The van der Waals surface area contributed by atoms with Crippen molar-refractivity contribution in [2.24, 2.45) is 5.73 Å². The first-order valence-electron chi connectivity index (χ1n) is 8.72. The fourth-order valence-corrected chi connectivity index (χ4v) is 3.22. The number of hydrogen-bond donors (Lipinski definition) is 2. The Morgan fingerprint density at radius 2 is 1.71 bits per heavy atom. The first-order valence-corrected chi connectivity index (χ1v) is 8.72. The second-order valence-corrected chi connectivity index (χ2v) is 6.83. The topological polar surface area (TPSA) is 45.0 Å². The SMILES string of the molecule is CC(C)N(Cc1ccccc1)C[C@@H](N)Cc1c[nH]c2ccccc12. The van der Waals surface area contributed by atoms with E-state index in [4.69, 9.17) is 5.73 Å². The number of nitrogens with two attached hydrogens (primary N) is 1. The average molecular weight is 321 g/mol. The number of benzene rings is 2. The van der Waals surface area contributed by atoms with Crippen molar-refractivity contribution in [2.75, 3.05) is 6.54 Å². The molecule has 3 rings (SSSR count). The third-order valence-electron chi connectivity index (χ3n) is 4.58. The van der Waals surface area contributed by atoms with E-state index in [2.05, 4.69) is 84.5 Å². The van der Waals surface area contributed by atoms with Crippen molar-refractivity contribution >= 4 is 10.9 Å². The van der Waals surface area contributed by atoms with Crippen molar-refractivity contribution in [1.82, 2.24) is 9.88 Å². The van der Waals surface area contributed by atoms with Crippen molar-refractivity contribution in [3.63, 3.8) is 0 Å². The lowest BCUT2D eigenvalue weighted by Gasteiger charge is -2.29. The van der Waals surface area contributed by atoms with Gasteiger partial charge < -0.3 is 10.7 Å². The van der Waals surface area contributed by atoms with Gasteiger partial charge in [-0.1, -0.05) is 48.5 Å². The van der Waals surface area contributed by atoms with Crippen molar-refractivity contribution in [3.8, 4) is 0 Å². The van der Waals surface area contributed by atoms with Crippen molar-refractivity contribution < 1.29 is 0 Å². The maximum atomic E-state index is 6.49. The summed E-state index contributed by atoms with van der Waals surface area (Å²) in [4.78, 5) is 5.79. The first kappa shape index (κ1) is 16.7. The van der Waals surface area contributed by atoms with Crippen molar-refractivity contribution in [2.45, 2.75) is 38.9 Å². The zero-order valence-corrected chi connectivity index (χ0v) is 14.6. The highest BCUT2D eigenvalue weighted by atomic mass is 15.2. The summed E-state index contributed by atoms with van der Waals surface area (Å²) >= 11 is 0. The molecule has 1 atom stereocenters. The van der Waals surface area contributed by atoms with Crippen LogP contribution in [0.2, 0.25) is 0 Å². The smallest absolute Gasteiger partial charge is 0.0456 e. The number of H-pyrrole nitrogens is 1. The van der Waals surface area contributed by atoms with E-state index < -0.39 is 0 Å². The summed E-state index contributed by atoms with van der Waals surface area (Å²) in [5.41, 5.74) is 10.3. The molecule has 0 aliphatic rings. The molecule has 3 nitrogen and oxygen atoms in total. The van der Waals surface area contributed by atoms with Gasteiger partial charge in [-0.15, -0.1) is 0 Å². The van der Waals surface area contributed by atoms with Crippen molar-refractivity contribution in [3.05, 3.63) is 71.9 Å². The summed E-state index contributed by atoms with van der Waals surface area (Å²) in [7, 11) is 0. The summed E-state index contributed by atoms with van der Waals surface area (Å²) < 4.78 is 0. The van der Waals surface area contributed by atoms with Crippen LogP contribution in [0.15, 0.2) is 60.8 Å². The predicted octanol–water partition coefficient (Wildman–Crippen LogP) is 3.95. The summed E-state index contributed by atoms with van der Waals surface area (Å²) in [6.45, 7) is 6.31. The van der Waals surface area contributed by atoms with Crippen molar-refractivity contribution in [1.29, 1.82) is 0 Å². The maximum Gasteiger partial charge on any atom is 0.0456 e. The Labute approximate surface area is 144 Å². The van der Waals surface area contributed by atoms with E-state index in [1.54, 1.807) is 0 Å². The van der Waals surface area contributed by atoms with Crippen LogP contribution in [0.3, 0.4) is 0 Å². The number of rotatable bonds is 7. The van der Waals surface area contributed by atoms with Crippen LogP contribution in [-0.2, 0) is 13.0 Å². The van der Waals surface area contributed by atoms with Crippen LogP contribution < -0.4 is 5.73 Å². The Bertz CT molecular complexity index is 761. The molecule has 3 N–H and O–H groups in total. The molecule has 0 fully saturated rings. The number of aromatic nitrogens is 1. The third kappa shape index (κ3) is 4.05. The van der Waals surface area contributed by atoms with E-state index in [0.717, 1.165) is 19.5 Å². The predicted molar refractivity (Wildman–Crippen MR) is 102 cm³/mol. The molecule has 126 valence electrons.